The van der Waals surface area contributed by atoms with E-state index in [1.807, 2.05) is 33.2 Å². The minimum absolute atomic E-state index is 0.944. The molecule has 0 aliphatic carbocycles. The van der Waals surface area contributed by atoms with E-state index in [0.29, 0.717) is 0 Å². The zero-order valence-corrected chi connectivity index (χ0v) is 11.8. The lowest BCUT2D eigenvalue weighted by molar-refractivity contribution is 1.02. The quantitative estimate of drug-likeness (QED) is 0.762. The molecule has 0 saturated carbocycles. The molecule has 90 valence electrons. The van der Waals surface area contributed by atoms with E-state index < -0.39 is 0 Å². The molecule has 1 N–H and O–H groups in total. The minimum Gasteiger partial charge on any atom is -0.323 e. The molecule has 2 heteroatoms. The van der Waals surface area contributed by atoms with Gasteiger partial charge in [-0.3, -0.25) is 0 Å². The van der Waals surface area contributed by atoms with E-state index in [1.54, 1.807) is 0 Å². The van der Waals surface area contributed by atoms with Crippen LogP contribution in [0.15, 0.2) is 30.8 Å². The Kier molecular flexibility index (Phi) is 15.9. The normalized spacial score (nSPS) is 8.06. The maximum Gasteiger partial charge on any atom is -0.0167 e. The highest BCUT2D eigenvalue weighted by Gasteiger charge is 1.91. The maximum absolute atomic E-state index is 3.79. The fourth-order valence-corrected chi connectivity index (χ4v) is 1.06. The monoisotopic (exact) mass is 237 g/mol. The predicted molar refractivity (Wildman–Crippen MR) is 78.4 cm³/mol. The molecule has 1 aromatic rings. The summed E-state index contributed by atoms with van der Waals surface area (Å²) in [5, 5.41) is 2.75. The van der Waals surface area contributed by atoms with Gasteiger partial charge in [-0.1, -0.05) is 50.8 Å². The van der Waals surface area contributed by atoms with Crippen LogP contribution in [0.3, 0.4) is 0 Å². The van der Waals surface area contributed by atoms with Crippen molar-refractivity contribution >= 4 is 15.3 Å². The van der Waals surface area contributed by atoms with Crippen LogP contribution >= 0.6 is 9.24 Å². The van der Waals surface area contributed by atoms with Crippen molar-refractivity contribution in [2.75, 3.05) is 20.3 Å². The number of rotatable bonds is 2. The number of hydrogen-bond acceptors (Lipinski definition) is 1. The van der Waals surface area contributed by atoms with Gasteiger partial charge in [0.15, 0.2) is 0 Å². The summed E-state index contributed by atoms with van der Waals surface area (Å²) in [7, 11) is 7.54. The molecular weight excluding hydrogens is 213 g/mol. The number of nitrogens with one attached hydrogen (secondary N) is 1. The Labute approximate surface area is 104 Å². The molecule has 0 atom stereocenters. The van der Waals surface area contributed by atoms with Crippen LogP contribution in [0.4, 0.5) is 0 Å². The van der Waals surface area contributed by atoms with Crippen LogP contribution in [-0.2, 0) is 6.42 Å². The lowest BCUT2D eigenvalue weighted by Gasteiger charge is -1.99. The lowest BCUT2D eigenvalue weighted by Crippen LogP contribution is -1.89. The lowest BCUT2D eigenvalue weighted by atomic mass is 10.1. The first-order valence-electron chi connectivity index (χ1n) is 5.61. The highest BCUT2D eigenvalue weighted by Crippen LogP contribution is 2.09. The molecular formula is C14H24NP. The van der Waals surface area contributed by atoms with E-state index in [-0.39, 0.29) is 0 Å². The average molecular weight is 237 g/mol. The molecule has 0 spiro atoms. The SMILES string of the molecule is C=Cc1ccccc1CC.CC[P].CNC. The topological polar surface area (TPSA) is 12.0 Å². The molecule has 1 aromatic carbocycles. The van der Waals surface area contributed by atoms with Crippen LogP contribution in [0.25, 0.3) is 6.08 Å². The Hall–Kier alpha value is -0.650. The average Bonchev–Trinajstić information content (AvgIpc) is 2.31. The molecule has 1 rings (SSSR count). The summed E-state index contributed by atoms with van der Waals surface area (Å²) in [5.41, 5.74) is 2.63. The summed E-state index contributed by atoms with van der Waals surface area (Å²) in [4.78, 5) is 0. The second-order valence-corrected chi connectivity index (χ2v) is 3.71. The van der Waals surface area contributed by atoms with E-state index >= 15 is 0 Å². The first kappa shape index (κ1) is 17.7. The third kappa shape index (κ3) is 9.89. The van der Waals surface area contributed by atoms with E-state index in [1.165, 1.54) is 11.1 Å². The Bertz CT molecular complexity index is 257. The molecule has 0 fully saturated rings. The smallest absolute Gasteiger partial charge is 0.0167 e. The van der Waals surface area contributed by atoms with Crippen LogP contribution in [0.2, 0.25) is 0 Å². The Morgan fingerprint density at radius 1 is 1.25 bits per heavy atom. The van der Waals surface area contributed by atoms with Gasteiger partial charge < -0.3 is 5.32 Å². The van der Waals surface area contributed by atoms with Gasteiger partial charge in [-0.15, -0.1) is 0 Å². The molecule has 0 aliphatic heterocycles. The summed E-state index contributed by atoms with van der Waals surface area (Å²) in [5.74, 6) is 0. The van der Waals surface area contributed by atoms with Gasteiger partial charge in [-0.25, -0.2) is 0 Å². The largest absolute Gasteiger partial charge is 0.323 e. The first-order valence-corrected chi connectivity index (χ1v) is 6.24. The second-order valence-electron chi connectivity index (χ2n) is 3.07. The van der Waals surface area contributed by atoms with Gasteiger partial charge in [-0.05, 0) is 47.0 Å². The highest BCUT2D eigenvalue weighted by atomic mass is 31.0. The van der Waals surface area contributed by atoms with E-state index in [4.69, 9.17) is 0 Å². The van der Waals surface area contributed by atoms with Gasteiger partial charge >= 0.3 is 0 Å². The third-order valence-corrected chi connectivity index (χ3v) is 1.66. The number of aryl methyl sites for hydroxylation is 1. The molecule has 0 unspecified atom stereocenters. The summed E-state index contributed by atoms with van der Waals surface area (Å²) in [6.07, 6.45) is 3.93. The fourth-order valence-electron chi connectivity index (χ4n) is 1.06. The highest BCUT2D eigenvalue weighted by molar-refractivity contribution is 7.16. The summed E-state index contributed by atoms with van der Waals surface area (Å²) < 4.78 is 0. The van der Waals surface area contributed by atoms with Gasteiger partial charge in [0.25, 0.3) is 0 Å². The molecule has 16 heavy (non-hydrogen) atoms. The summed E-state index contributed by atoms with van der Waals surface area (Å²) >= 11 is 0. The van der Waals surface area contributed by atoms with E-state index in [0.717, 1.165) is 12.6 Å². The minimum atomic E-state index is 0.944. The molecule has 0 heterocycles. The van der Waals surface area contributed by atoms with Crippen LogP contribution in [-0.4, -0.2) is 20.3 Å². The van der Waals surface area contributed by atoms with Gasteiger partial charge in [-0.2, -0.15) is 0 Å². The molecule has 0 aliphatic rings. The Balaban J connectivity index is 0. The number of benzene rings is 1. The van der Waals surface area contributed by atoms with Gasteiger partial charge in [0.1, 0.15) is 0 Å². The molecule has 0 saturated heterocycles. The van der Waals surface area contributed by atoms with Crippen molar-refractivity contribution < 1.29 is 0 Å². The summed E-state index contributed by atoms with van der Waals surface area (Å²) in [6, 6.07) is 8.32. The van der Waals surface area contributed by atoms with Crippen LogP contribution in [0.1, 0.15) is 25.0 Å². The van der Waals surface area contributed by atoms with Crippen molar-refractivity contribution in [3.05, 3.63) is 42.0 Å². The second kappa shape index (κ2) is 14.3. The van der Waals surface area contributed by atoms with Gasteiger partial charge in [0, 0.05) is 0 Å². The molecule has 1 nitrogen and oxygen atoms in total. The first-order chi connectivity index (χ1) is 7.71. The molecule has 0 bridgehead atoms. The zero-order chi connectivity index (χ0) is 12.8. The van der Waals surface area contributed by atoms with Crippen molar-refractivity contribution in [1.29, 1.82) is 0 Å². The van der Waals surface area contributed by atoms with Crippen molar-refractivity contribution in [3.63, 3.8) is 0 Å². The van der Waals surface area contributed by atoms with Gasteiger partial charge in [0.05, 0.1) is 0 Å². The number of hydrogen-bond donors (Lipinski definition) is 1. The van der Waals surface area contributed by atoms with Crippen molar-refractivity contribution in [2.45, 2.75) is 20.3 Å². The summed E-state index contributed by atoms with van der Waals surface area (Å²) in [6.45, 7) is 7.88. The standard InChI is InChI=1S/C10H12.C2H7N.C2H5P/c1-3-9-7-5-6-8-10(9)4-2;1-3-2;1-2-3/h3,5-8H,1,4H2,2H3;3H,1-2H3;2H2,1H3. The van der Waals surface area contributed by atoms with Crippen LogP contribution in [0, 0.1) is 0 Å². The molecule has 0 amide bonds. The zero-order valence-electron chi connectivity index (χ0n) is 11.0. The Morgan fingerprint density at radius 3 is 2.00 bits per heavy atom. The van der Waals surface area contributed by atoms with Crippen LogP contribution < -0.4 is 5.32 Å². The van der Waals surface area contributed by atoms with Crippen molar-refractivity contribution in [3.8, 4) is 0 Å². The van der Waals surface area contributed by atoms with Gasteiger partial charge in [0.2, 0.25) is 0 Å². The van der Waals surface area contributed by atoms with E-state index in [2.05, 4.69) is 46.3 Å². The molecule has 0 aromatic heterocycles. The predicted octanol–water partition coefficient (Wildman–Crippen LogP) is 4.14. The van der Waals surface area contributed by atoms with Crippen molar-refractivity contribution in [2.24, 2.45) is 0 Å². The fraction of sp³-hybridized carbons (Fsp3) is 0.429. The maximum atomic E-state index is 3.79. The Morgan fingerprint density at radius 2 is 1.69 bits per heavy atom. The van der Waals surface area contributed by atoms with Crippen LogP contribution in [0.5, 0.6) is 0 Å². The van der Waals surface area contributed by atoms with E-state index in [9.17, 15) is 0 Å². The van der Waals surface area contributed by atoms with Crippen molar-refractivity contribution in [1.82, 2.24) is 5.32 Å². The third-order valence-electron chi connectivity index (χ3n) is 1.66. The molecule has 2 radical (unpaired) electrons.